The molecule has 0 aromatic carbocycles. The standard InChI is InChI=1S/C14H28O6/c1-7-9(2)19-14-13(18-6)12(17-5)11(16-4)10(20-14)8-15-3/h9-14H,7-8H2,1-6H3/t9?,10-,11-,12+,13-,14+/m1/s1. The minimum absolute atomic E-state index is 0.0810. The van der Waals surface area contributed by atoms with Gasteiger partial charge in [-0.15, -0.1) is 0 Å². The van der Waals surface area contributed by atoms with Crippen LogP contribution in [-0.4, -0.2) is 71.9 Å². The number of hydrogen-bond donors (Lipinski definition) is 0. The summed E-state index contributed by atoms with van der Waals surface area (Å²) in [6.07, 6.45) is -0.641. The molecule has 1 rings (SSSR count). The highest BCUT2D eigenvalue weighted by atomic mass is 16.7. The van der Waals surface area contributed by atoms with E-state index in [1.165, 1.54) is 0 Å². The zero-order valence-electron chi connectivity index (χ0n) is 13.3. The van der Waals surface area contributed by atoms with Gasteiger partial charge >= 0.3 is 0 Å². The molecule has 0 bridgehead atoms. The molecule has 1 aliphatic heterocycles. The first kappa shape index (κ1) is 17.8. The Kier molecular flexibility index (Phi) is 7.94. The molecule has 0 spiro atoms. The normalized spacial score (nSPS) is 36.0. The fraction of sp³-hybridized carbons (Fsp3) is 1.00. The van der Waals surface area contributed by atoms with Gasteiger partial charge < -0.3 is 28.4 Å². The van der Waals surface area contributed by atoms with E-state index >= 15 is 0 Å². The first-order valence-corrected chi connectivity index (χ1v) is 7.01. The average Bonchev–Trinajstić information content (AvgIpc) is 2.46. The van der Waals surface area contributed by atoms with Crippen LogP contribution < -0.4 is 0 Å². The lowest BCUT2D eigenvalue weighted by molar-refractivity contribution is -0.321. The van der Waals surface area contributed by atoms with E-state index in [0.29, 0.717) is 6.61 Å². The summed E-state index contributed by atoms with van der Waals surface area (Å²) in [5, 5.41) is 0. The monoisotopic (exact) mass is 292 g/mol. The van der Waals surface area contributed by atoms with Gasteiger partial charge in [-0.3, -0.25) is 0 Å². The van der Waals surface area contributed by atoms with Crippen LogP contribution in [0.4, 0.5) is 0 Å². The molecule has 1 fully saturated rings. The predicted octanol–water partition coefficient (Wildman–Crippen LogP) is 1.22. The molecule has 120 valence electrons. The molecule has 1 saturated heterocycles. The molecule has 6 nitrogen and oxygen atoms in total. The summed E-state index contributed by atoms with van der Waals surface area (Å²) < 4.78 is 33.6. The van der Waals surface area contributed by atoms with Gasteiger partial charge in [0.25, 0.3) is 0 Å². The van der Waals surface area contributed by atoms with Crippen molar-refractivity contribution in [1.82, 2.24) is 0 Å². The van der Waals surface area contributed by atoms with Crippen LogP contribution in [0.2, 0.25) is 0 Å². The van der Waals surface area contributed by atoms with Gasteiger partial charge in [-0.1, -0.05) is 6.92 Å². The fourth-order valence-electron chi connectivity index (χ4n) is 2.41. The summed E-state index contributed by atoms with van der Waals surface area (Å²) in [6.45, 7) is 4.48. The molecule has 0 saturated carbocycles. The van der Waals surface area contributed by atoms with E-state index in [9.17, 15) is 0 Å². The molecule has 6 atom stereocenters. The molecule has 6 heteroatoms. The van der Waals surface area contributed by atoms with Crippen molar-refractivity contribution >= 4 is 0 Å². The second-order valence-corrected chi connectivity index (χ2v) is 4.95. The van der Waals surface area contributed by atoms with E-state index in [1.54, 1.807) is 28.4 Å². The Morgan fingerprint density at radius 3 is 2.00 bits per heavy atom. The van der Waals surface area contributed by atoms with Crippen LogP contribution in [0.3, 0.4) is 0 Å². The van der Waals surface area contributed by atoms with Crippen molar-refractivity contribution in [2.75, 3.05) is 35.0 Å². The van der Waals surface area contributed by atoms with Crippen LogP contribution in [0.25, 0.3) is 0 Å². The maximum Gasteiger partial charge on any atom is 0.187 e. The van der Waals surface area contributed by atoms with Crippen LogP contribution in [0.5, 0.6) is 0 Å². The molecule has 0 aliphatic carbocycles. The third-order valence-corrected chi connectivity index (χ3v) is 3.68. The summed E-state index contributed by atoms with van der Waals surface area (Å²) in [5.74, 6) is 0. The predicted molar refractivity (Wildman–Crippen MR) is 73.8 cm³/mol. The van der Waals surface area contributed by atoms with Gasteiger partial charge in [0.05, 0.1) is 12.7 Å². The highest BCUT2D eigenvalue weighted by Gasteiger charge is 2.47. The topological polar surface area (TPSA) is 55.4 Å². The lowest BCUT2D eigenvalue weighted by Gasteiger charge is -2.45. The summed E-state index contributed by atoms with van der Waals surface area (Å²) in [4.78, 5) is 0. The maximum absolute atomic E-state index is 5.96. The van der Waals surface area contributed by atoms with Crippen molar-refractivity contribution in [2.24, 2.45) is 0 Å². The van der Waals surface area contributed by atoms with E-state index in [0.717, 1.165) is 6.42 Å². The molecule has 0 aromatic rings. The second-order valence-electron chi connectivity index (χ2n) is 4.95. The molecular weight excluding hydrogens is 264 g/mol. The molecule has 0 aromatic heterocycles. The summed E-state index contributed by atoms with van der Waals surface area (Å²) in [5.41, 5.74) is 0. The minimum atomic E-state index is -0.494. The number of hydrogen-bond acceptors (Lipinski definition) is 6. The third kappa shape index (κ3) is 4.13. The molecule has 0 N–H and O–H groups in total. The molecule has 20 heavy (non-hydrogen) atoms. The zero-order valence-corrected chi connectivity index (χ0v) is 13.3. The Labute approximate surface area is 121 Å². The van der Waals surface area contributed by atoms with Crippen LogP contribution in [-0.2, 0) is 28.4 Å². The lowest BCUT2D eigenvalue weighted by Crippen LogP contribution is -2.61. The first-order valence-electron chi connectivity index (χ1n) is 7.01. The van der Waals surface area contributed by atoms with Crippen LogP contribution in [0, 0.1) is 0 Å². The van der Waals surface area contributed by atoms with Gasteiger partial charge in [0.1, 0.15) is 24.4 Å². The van der Waals surface area contributed by atoms with Crippen molar-refractivity contribution in [3.63, 3.8) is 0 Å². The molecule has 0 amide bonds. The van der Waals surface area contributed by atoms with E-state index < -0.39 is 6.29 Å². The summed E-state index contributed by atoms with van der Waals surface area (Å²) in [7, 11) is 6.52. The lowest BCUT2D eigenvalue weighted by atomic mass is 9.98. The molecule has 0 radical (unpaired) electrons. The van der Waals surface area contributed by atoms with Gasteiger partial charge in [0.15, 0.2) is 6.29 Å². The quantitative estimate of drug-likeness (QED) is 0.670. The van der Waals surface area contributed by atoms with Crippen molar-refractivity contribution in [2.45, 2.75) is 57.1 Å². The number of methoxy groups -OCH3 is 4. The van der Waals surface area contributed by atoms with Gasteiger partial charge in [-0.25, -0.2) is 0 Å². The van der Waals surface area contributed by atoms with Crippen LogP contribution in [0.15, 0.2) is 0 Å². The van der Waals surface area contributed by atoms with Gasteiger partial charge in [0.2, 0.25) is 0 Å². The number of rotatable bonds is 8. The Bertz CT molecular complexity index is 262. The van der Waals surface area contributed by atoms with Crippen molar-refractivity contribution in [3.05, 3.63) is 0 Å². The Morgan fingerprint density at radius 1 is 0.950 bits per heavy atom. The zero-order chi connectivity index (χ0) is 15.1. The van der Waals surface area contributed by atoms with Crippen LogP contribution in [0.1, 0.15) is 20.3 Å². The molecule has 1 unspecified atom stereocenters. The average molecular weight is 292 g/mol. The third-order valence-electron chi connectivity index (χ3n) is 3.68. The molecule has 1 aliphatic rings. The Morgan fingerprint density at radius 2 is 1.55 bits per heavy atom. The Balaban J connectivity index is 2.87. The van der Waals surface area contributed by atoms with Crippen molar-refractivity contribution in [3.8, 4) is 0 Å². The van der Waals surface area contributed by atoms with E-state index in [2.05, 4.69) is 6.92 Å². The van der Waals surface area contributed by atoms with Crippen molar-refractivity contribution in [1.29, 1.82) is 0 Å². The summed E-state index contributed by atoms with van der Waals surface area (Å²) in [6, 6.07) is 0. The SMILES string of the molecule is CCC(C)O[C@H]1O[C@H](COC)[C@@H](OC)[C@H](OC)[C@H]1OC. The van der Waals surface area contributed by atoms with Crippen molar-refractivity contribution < 1.29 is 28.4 Å². The maximum atomic E-state index is 5.96. The van der Waals surface area contributed by atoms with Gasteiger partial charge in [-0.2, -0.15) is 0 Å². The first-order chi connectivity index (χ1) is 9.62. The number of ether oxygens (including phenoxy) is 6. The van der Waals surface area contributed by atoms with E-state index in [-0.39, 0.29) is 30.5 Å². The van der Waals surface area contributed by atoms with E-state index in [4.69, 9.17) is 28.4 Å². The minimum Gasteiger partial charge on any atom is -0.382 e. The fourth-order valence-corrected chi connectivity index (χ4v) is 2.41. The highest BCUT2D eigenvalue weighted by molar-refractivity contribution is 4.92. The smallest absolute Gasteiger partial charge is 0.187 e. The highest BCUT2D eigenvalue weighted by Crippen LogP contribution is 2.28. The Hall–Kier alpha value is -0.240. The largest absolute Gasteiger partial charge is 0.382 e. The second kappa shape index (κ2) is 8.92. The molecular formula is C14H28O6. The van der Waals surface area contributed by atoms with Gasteiger partial charge in [0, 0.05) is 28.4 Å². The van der Waals surface area contributed by atoms with Gasteiger partial charge in [-0.05, 0) is 13.3 Å². The van der Waals surface area contributed by atoms with E-state index in [1.807, 2.05) is 6.92 Å². The molecule has 1 heterocycles. The van der Waals surface area contributed by atoms with Crippen LogP contribution >= 0.6 is 0 Å². The summed E-state index contributed by atoms with van der Waals surface area (Å²) >= 11 is 0.